The number of nitrogens with zero attached hydrogens (tertiary/aromatic N) is 1. The lowest BCUT2D eigenvalue weighted by molar-refractivity contribution is -0.128. The van der Waals surface area contributed by atoms with Crippen LogP contribution in [0.5, 0.6) is 0 Å². The van der Waals surface area contributed by atoms with Gasteiger partial charge in [-0.15, -0.1) is 0 Å². The Morgan fingerprint density at radius 1 is 1.30 bits per heavy atom. The quantitative estimate of drug-likeness (QED) is 0.756. The highest BCUT2D eigenvalue weighted by Crippen LogP contribution is 2.30. The van der Waals surface area contributed by atoms with E-state index in [1.807, 2.05) is 36.1 Å². The number of thiocarbonyl (C=S) groups is 1. The lowest BCUT2D eigenvalue weighted by atomic mass is 9.94. The summed E-state index contributed by atoms with van der Waals surface area (Å²) in [7, 11) is 0. The third kappa shape index (κ3) is 3.58. The van der Waals surface area contributed by atoms with E-state index in [0.29, 0.717) is 5.11 Å². The van der Waals surface area contributed by atoms with Crippen LogP contribution < -0.4 is 10.6 Å². The van der Waals surface area contributed by atoms with Gasteiger partial charge in [0.2, 0.25) is 0 Å². The lowest BCUT2D eigenvalue weighted by Crippen LogP contribution is -2.48. The Bertz CT molecular complexity index is 668. The van der Waals surface area contributed by atoms with Gasteiger partial charge in [0.15, 0.2) is 5.11 Å². The molecule has 23 heavy (non-hydrogen) atoms. The topological polar surface area (TPSA) is 44.4 Å². The molecule has 0 aromatic heterocycles. The highest BCUT2D eigenvalue weighted by molar-refractivity contribution is 9.10. The maximum absolute atomic E-state index is 13.1. The summed E-state index contributed by atoms with van der Waals surface area (Å²) in [6.45, 7) is 3.60. The molecular weight excluding hydrogens is 374 g/mol. The maximum Gasteiger partial charge on any atom is 0.253 e. The molecule has 6 heteroatoms. The Morgan fingerprint density at radius 2 is 2.04 bits per heavy atom. The highest BCUT2D eigenvalue weighted by Gasteiger charge is 2.32. The van der Waals surface area contributed by atoms with Crippen molar-refractivity contribution in [2.45, 2.75) is 32.2 Å². The van der Waals surface area contributed by atoms with E-state index in [9.17, 15) is 4.79 Å². The molecule has 122 valence electrons. The van der Waals surface area contributed by atoms with Crippen molar-refractivity contribution in [1.82, 2.24) is 15.5 Å². The molecule has 2 heterocycles. The minimum absolute atomic E-state index is 0.106. The van der Waals surface area contributed by atoms with Crippen LogP contribution in [0.2, 0.25) is 0 Å². The summed E-state index contributed by atoms with van der Waals surface area (Å²) in [6.07, 6.45) is 3.37. The summed E-state index contributed by atoms with van der Waals surface area (Å²) in [4.78, 5) is 15.0. The molecular formula is C17H20BrN3OS. The second kappa shape index (κ2) is 7.01. The molecule has 3 rings (SSSR count). The van der Waals surface area contributed by atoms with E-state index in [-0.39, 0.29) is 11.9 Å². The standard InChI is InChI=1S/C17H20BrN3OS/c1-11-14(16(22)21-8-3-2-4-9-21)15(20-17(23)19-11)12-6-5-7-13(18)10-12/h5-7,10,15H,2-4,8-9H2,1H3,(H2,19,20,23). The number of piperidine rings is 1. The van der Waals surface area contributed by atoms with Gasteiger partial charge >= 0.3 is 0 Å². The molecule has 0 spiro atoms. The molecule has 0 saturated carbocycles. The number of carbonyl (C=O) groups excluding carboxylic acids is 1. The molecule has 0 radical (unpaired) electrons. The number of carbonyl (C=O) groups is 1. The van der Waals surface area contributed by atoms with Gasteiger partial charge in [-0.05, 0) is 56.1 Å². The second-order valence-electron chi connectivity index (χ2n) is 5.98. The first-order valence-corrected chi connectivity index (χ1v) is 9.09. The predicted molar refractivity (Wildman–Crippen MR) is 98.9 cm³/mol. The Morgan fingerprint density at radius 3 is 2.74 bits per heavy atom. The number of benzene rings is 1. The van der Waals surface area contributed by atoms with Crippen LogP contribution in [-0.4, -0.2) is 29.0 Å². The fourth-order valence-electron chi connectivity index (χ4n) is 3.18. The average molecular weight is 394 g/mol. The largest absolute Gasteiger partial charge is 0.351 e. The van der Waals surface area contributed by atoms with Gasteiger partial charge in [0.25, 0.3) is 5.91 Å². The summed E-state index contributed by atoms with van der Waals surface area (Å²) in [5.41, 5.74) is 2.64. The average Bonchev–Trinajstić information content (AvgIpc) is 2.54. The molecule has 2 aliphatic rings. The van der Waals surface area contributed by atoms with E-state index in [0.717, 1.165) is 47.2 Å². The normalized spacial score (nSPS) is 21.7. The number of likely N-dealkylation sites (tertiary alicyclic amines) is 1. The minimum atomic E-state index is -0.212. The van der Waals surface area contributed by atoms with Crippen LogP contribution >= 0.6 is 28.1 Å². The zero-order chi connectivity index (χ0) is 16.4. The molecule has 1 aromatic carbocycles. The number of hydrogen-bond donors (Lipinski definition) is 2. The third-order valence-electron chi connectivity index (χ3n) is 4.32. The van der Waals surface area contributed by atoms with E-state index in [2.05, 4.69) is 26.6 Å². The van der Waals surface area contributed by atoms with Gasteiger partial charge in [-0.1, -0.05) is 28.1 Å². The van der Waals surface area contributed by atoms with E-state index in [1.165, 1.54) is 6.42 Å². The molecule has 0 bridgehead atoms. The number of amides is 1. The second-order valence-corrected chi connectivity index (χ2v) is 7.30. The van der Waals surface area contributed by atoms with Crippen molar-refractivity contribution in [3.05, 3.63) is 45.6 Å². The van der Waals surface area contributed by atoms with Crippen molar-refractivity contribution in [2.24, 2.45) is 0 Å². The number of halogens is 1. The maximum atomic E-state index is 13.1. The van der Waals surface area contributed by atoms with Crippen LogP contribution in [0.15, 0.2) is 40.0 Å². The van der Waals surface area contributed by atoms with E-state index in [1.54, 1.807) is 0 Å². The van der Waals surface area contributed by atoms with Crippen LogP contribution in [0.1, 0.15) is 37.8 Å². The molecule has 2 N–H and O–H groups in total. The summed E-state index contributed by atoms with van der Waals surface area (Å²) in [6, 6.07) is 7.79. The van der Waals surface area contributed by atoms with Crippen molar-refractivity contribution >= 4 is 39.2 Å². The van der Waals surface area contributed by atoms with Crippen LogP contribution in [-0.2, 0) is 4.79 Å². The van der Waals surface area contributed by atoms with Crippen molar-refractivity contribution in [1.29, 1.82) is 0 Å². The number of rotatable bonds is 2. The SMILES string of the molecule is CC1=C(C(=O)N2CCCCC2)C(c2cccc(Br)c2)NC(=S)N1. The fraction of sp³-hybridized carbons (Fsp3) is 0.412. The first-order valence-electron chi connectivity index (χ1n) is 7.89. The van der Waals surface area contributed by atoms with E-state index < -0.39 is 0 Å². The minimum Gasteiger partial charge on any atom is -0.351 e. The summed E-state index contributed by atoms with van der Waals surface area (Å²) in [5.74, 6) is 0.106. The smallest absolute Gasteiger partial charge is 0.253 e. The van der Waals surface area contributed by atoms with Gasteiger partial charge in [0, 0.05) is 23.3 Å². The first-order chi connectivity index (χ1) is 11.1. The van der Waals surface area contributed by atoms with Crippen LogP contribution in [0.4, 0.5) is 0 Å². The third-order valence-corrected chi connectivity index (χ3v) is 5.04. The summed E-state index contributed by atoms with van der Waals surface area (Å²) < 4.78 is 0.990. The van der Waals surface area contributed by atoms with Gasteiger partial charge in [-0.2, -0.15) is 0 Å². The molecule has 1 amide bonds. The molecule has 2 aliphatic heterocycles. The van der Waals surface area contributed by atoms with Crippen LogP contribution in [0.25, 0.3) is 0 Å². The van der Waals surface area contributed by atoms with E-state index >= 15 is 0 Å². The van der Waals surface area contributed by atoms with Gasteiger partial charge in [-0.3, -0.25) is 4.79 Å². The molecule has 1 aromatic rings. The Labute approximate surface area is 150 Å². The highest BCUT2D eigenvalue weighted by atomic mass is 79.9. The molecule has 0 aliphatic carbocycles. The predicted octanol–water partition coefficient (Wildman–Crippen LogP) is 3.25. The molecule has 4 nitrogen and oxygen atoms in total. The Kier molecular flexibility index (Phi) is 5.02. The van der Waals surface area contributed by atoms with Gasteiger partial charge < -0.3 is 15.5 Å². The molecule has 1 fully saturated rings. The van der Waals surface area contributed by atoms with Crippen molar-refractivity contribution < 1.29 is 4.79 Å². The van der Waals surface area contributed by atoms with Crippen molar-refractivity contribution in [3.63, 3.8) is 0 Å². The van der Waals surface area contributed by atoms with Crippen LogP contribution in [0, 0.1) is 0 Å². The van der Waals surface area contributed by atoms with Gasteiger partial charge in [-0.25, -0.2) is 0 Å². The molecule has 1 atom stereocenters. The lowest BCUT2D eigenvalue weighted by Gasteiger charge is -2.35. The first kappa shape index (κ1) is 16.5. The van der Waals surface area contributed by atoms with Gasteiger partial charge in [0.1, 0.15) is 0 Å². The van der Waals surface area contributed by atoms with Gasteiger partial charge in [0.05, 0.1) is 11.6 Å². The zero-order valence-corrected chi connectivity index (χ0v) is 15.5. The summed E-state index contributed by atoms with van der Waals surface area (Å²) in [5, 5.41) is 6.92. The fourth-order valence-corrected chi connectivity index (χ4v) is 3.87. The van der Waals surface area contributed by atoms with Crippen molar-refractivity contribution in [3.8, 4) is 0 Å². The Balaban J connectivity index is 1.97. The molecule has 1 saturated heterocycles. The monoisotopic (exact) mass is 393 g/mol. The number of allylic oxidation sites excluding steroid dienone is 1. The molecule has 1 unspecified atom stereocenters. The van der Waals surface area contributed by atoms with Crippen molar-refractivity contribution in [2.75, 3.05) is 13.1 Å². The van der Waals surface area contributed by atoms with E-state index in [4.69, 9.17) is 12.2 Å². The number of hydrogen-bond acceptors (Lipinski definition) is 2. The Hall–Kier alpha value is -1.40. The van der Waals surface area contributed by atoms with Crippen LogP contribution in [0.3, 0.4) is 0 Å². The zero-order valence-electron chi connectivity index (χ0n) is 13.1. The number of nitrogens with one attached hydrogen (secondary N) is 2. The summed E-state index contributed by atoms with van der Waals surface area (Å²) >= 11 is 8.80.